The van der Waals surface area contributed by atoms with E-state index in [1.807, 2.05) is 0 Å². The van der Waals surface area contributed by atoms with Crippen LogP contribution in [0.2, 0.25) is 0 Å². The highest BCUT2D eigenvalue weighted by Crippen LogP contribution is 2.25. The van der Waals surface area contributed by atoms with Crippen molar-refractivity contribution in [3.05, 3.63) is 35.4 Å². The predicted molar refractivity (Wildman–Crippen MR) is 101 cm³/mol. The van der Waals surface area contributed by atoms with Gasteiger partial charge in [0.1, 0.15) is 0 Å². The molecule has 2 amide bonds. The molecular weight excluding hydrogens is 312 g/mol. The summed E-state index contributed by atoms with van der Waals surface area (Å²) in [5.41, 5.74) is 2.55. The standard InChI is InChI=1S/C20H32N4O/c1-2-23-10-12-24(13-11-23)16-19-9-4-3-8-18(19)15-22-20(25)21-14-17-6-5-7-17/h3-4,8-9,17H,2,5-7,10-16H2,1H3,(H2,21,22,25). The fourth-order valence-corrected chi connectivity index (χ4v) is 3.56. The monoisotopic (exact) mass is 344 g/mol. The minimum Gasteiger partial charge on any atom is -0.338 e. The lowest BCUT2D eigenvalue weighted by Crippen LogP contribution is -2.45. The van der Waals surface area contributed by atoms with Gasteiger partial charge in [0, 0.05) is 45.8 Å². The third kappa shape index (κ3) is 5.44. The minimum absolute atomic E-state index is 0.0433. The van der Waals surface area contributed by atoms with Crippen molar-refractivity contribution in [1.82, 2.24) is 20.4 Å². The highest BCUT2D eigenvalue weighted by atomic mass is 16.2. The van der Waals surface area contributed by atoms with Crippen LogP contribution in [0.4, 0.5) is 4.79 Å². The molecule has 2 fully saturated rings. The molecule has 1 heterocycles. The Morgan fingerprint density at radius 1 is 1.04 bits per heavy atom. The van der Waals surface area contributed by atoms with Crippen molar-refractivity contribution in [3.8, 4) is 0 Å². The van der Waals surface area contributed by atoms with Gasteiger partial charge in [-0.25, -0.2) is 4.79 Å². The van der Waals surface area contributed by atoms with E-state index in [1.54, 1.807) is 0 Å². The van der Waals surface area contributed by atoms with E-state index in [-0.39, 0.29) is 6.03 Å². The fourth-order valence-electron chi connectivity index (χ4n) is 3.56. The summed E-state index contributed by atoms with van der Waals surface area (Å²) in [6.07, 6.45) is 3.83. The van der Waals surface area contributed by atoms with Gasteiger partial charge in [0.25, 0.3) is 0 Å². The normalized spacial score (nSPS) is 19.4. The molecule has 1 aliphatic heterocycles. The third-order valence-corrected chi connectivity index (χ3v) is 5.64. The first-order valence-corrected chi connectivity index (χ1v) is 9.77. The Kier molecular flexibility index (Phi) is 6.70. The first kappa shape index (κ1) is 18.2. The van der Waals surface area contributed by atoms with E-state index in [2.05, 4.69) is 51.6 Å². The van der Waals surface area contributed by atoms with Gasteiger partial charge < -0.3 is 15.5 Å². The van der Waals surface area contributed by atoms with E-state index in [4.69, 9.17) is 0 Å². The average Bonchev–Trinajstić information content (AvgIpc) is 2.60. The zero-order valence-electron chi connectivity index (χ0n) is 15.5. The lowest BCUT2D eigenvalue weighted by molar-refractivity contribution is 0.131. The van der Waals surface area contributed by atoms with Crippen molar-refractivity contribution in [3.63, 3.8) is 0 Å². The Labute approximate surface area is 151 Å². The molecule has 0 atom stereocenters. The SMILES string of the molecule is CCN1CCN(Cc2ccccc2CNC(=O)NCC2CCC2)CC1. The van der Waals surface area contributed by atoms with Gasteiger partial charge in [-0.05, 0) is 36.4 Å². The molecule has 5 nitrogen and oxygen atoms in total. The molecule has 2 aliphatic rings. The summed E-state index contributed by atoms with van der Waals surface area (Å²) in [6.45, 7) is 10.3. The maximum atomic E-state index is 12.0. The van der Waals surface area contributed by atoms with Gasteiger partial charge in [0.05, 0.1) is 0 Å². The van der Waals surface area contributed by atoms with Crippen LogP contribution in [0.3, 0.4) is 0 Å². The van der Waals surface area contributed by atoms with Crippen molar-refractivity contribution >= 4 is 6.03 Å². The number of carbonyl (C=O) groups is 1. The van der Waals surface area contributed by atoms with Crippen LogP contribution in [0.1, 0.15) is 37.3 Å². The molecule has 0 unspecified atom stereocenters. The molecular formula is C20H32N4O. The number of hydrogen-bond acceptors (Lipinski definition) is 3. The van der Waals surface area contributed by atoms with Crippen LogP contribution in [0, 0.1) is 5.92 Å². The van der Waals surface area contributed by atoms with Gasteiger partial charge in [-0.15, -0.1) is 0 Å². The minimum atomic E-state index is -0.0433. The summed E-state index contributed by atoms with van der Waals surface area (Å²) in [7, 11) is 0. The van der Waals surface area contributed by atoms with Crippen LogP contribution in [0.5, 0.6) is 0 Å². The summed E-state index contributed by atoms with van der Waals surface area (Å²) >= 11 is 0. The summed E-state index contributed by atoms with van der Waals surface area (Å²) in [5.74, 6) is 0.694. The molecule has 25 heavy (non-hydrogen) atoms. The maximum Gasteiger partial charge on any atom is 0.315 e. The summed E-state index contributed by atoms with van der Waals surface area (Å²) < 4.78 is 0. The van der Waals surface area contributed by atoms with E-state index >= 15 is 0 Å². The van der Waals surface area contributed by atoms with Crippen molar-refractivity contribution in [1.29, 1.82) is 0 Å². The number of nitrogens with one attached hydrogen (secondary N) is 2. The zero-order chi connectivity index (χ0) is 17.5. The quantitative estimate of drug-likeness (QED) is 0.799. The third-order valence-electron chi connectivity index (χ3n) is 5.64. The number of nitrogens with zero attached hydrogens (tertiary/aromatic N) is 2. The number of urea groups is 1. The second-order valence-electron chi connectivity index (χ2n) is 7.34. The summed E-state index contributed by atoms with van der Waals surface area (Å²) in [5, 5.41) is 6.02. The van der Waals surface area contributed by atoms with Crippen LogP contribution in [-0.4, -0.2) is 55.1 Å². The molecule has 138 valence electrons. The summed E-state index contributed by atoms with van der Waals surface area (Å²) in [6, 6.07) is 8.43. The molecule has 5 heteroatoms. The van der Waals surface area contributed by atoms with Crippen molar-refractivity contribution < 1.29 is 4.79 Å². The molecule has 1 aliphatic carbocycles. The van der Waals surface area contributed by atoms with E-state index < -0.39 is 0 Å². The molecule has 1 saturated heterocycles. The van der Waals surface area contributed by atoms with E-state index in [1.165, 1.54) is 30.4 Å². The second kappa shape index (κ2) is 9.20. The Morgan fingerprint density at radius 3 is 2.36 bits per heavy atom. The average molecular weight is 345 g/mol. The number of benzene rings is 1. The van der Waals surface area contributed by atoms with Crippen molar-refractivity contribution in [2.75, 3.05) is 39.3 Å². The van der Waals surface area contributed by atoms with Gasteiger partial charge >= 0.3 is 6.03 Å². The number of rotatable bonds is 7. The topological polar surface area (TPSA) is 47.6 Å². The van der Waals surface area contributed by atoms with Crippen LogP contribution in [0.15, 0.2) is 24.3 Å². The summed E-state index contributed by atoms with van der Waals surface area (Å²) in [4.78, 5) is 17.0. The Bertz CT molecular complexity index is 550. The number of piperazine rings is 1. The number of carbonyl (C=O) groups excluding carboxylic acids is 1. The lowest BCUT2D eigenvalue weighted by Gasteiger charge is -2.34. The first-order valence-electron chi connectivity index (χ1n) is 9.77. The molecule has 1 aromatic rings. The Morgan fingerprint density at radius 2 is 1.72 bits per heavy atom. The van der Waals surface area contributed by atoms with Crippen LogP contribution in [-0.2, 0) is 13.1 Å². The molecule has 0 spiro atoms. The van der Waals surface area contributed by atoms with Crippen LogP contribution in [0.25, 0.3) is 0 Å². The first-order chi connectivity index (χ1) is 12.2. The Hall–Kier alpha value is -1.59. The van der Waals surface area contributed by atoms with E-state index in [9.17, 15) is 4.79 Å². The highest BCUT2D eigenvalue weighted by molar-refractivity contribution is 5.73. The van der Waals surface area contributed by atoms with Gasteiger partial charge in [0.15, 0.2) is 0 Å². The van der Waals surface area contributed by atoms with Gasteiger partial charge in [-0.3, -0.25) is 4.90 Å². The smallest absolute Gasteiger partial charge is 0.315 e. The number of likely N-dealkylation sites (N-methyl/N-ethyl adjacent to an activating group) is 1. The van der Waals surface area contributed by atoms with E-state index in [0.29, 0.717) is 12.5 Å². The lowest BCUT2D eigenvalue weighted by atomic mass is 9.85. The molecule has 3 rings (SSSR count). The zero-order valence-corrected chi connectivity index (χ0v) is 15.5. The van der Waals surface area contributed by atoms with Crippen molar-refractivity contribution in [2.24, 2.45) is 5.92 Å². The largest absolute Gasteiger partial charge is 0.338 e. The molecule has 2 N–H and O–H groups in total. The van der Waals surface area contributed by atoms with Crippen LogP contribution < -0.4 is 10.6 Å². The number of amides is 2. The number of hydrogen-bond donors (Lipinski definition) is 2. The fraction of sp³-hybridized carbons (Fsp3) is 0.650. The highest BCUT2D eigenvalue weighted by Gasteiger charge is 2.18. The van der Waals surface area contributed by atoms with Gasteiger partial charge in [-0.1, -0.05) is 37.6 Å². The molecule has 0 aromatic heterocycles. The molecule has 0 radical (unpaired) electrons. The van der Waals surface area contributed by atoms with Gasteiger partial charge in [0.2, 0.25) is 0 Å². The molecule has 1 aromatic carbocycles. The Balaban J connectivity index is 1.46. The van der Waals surface area contributed by atoms with Crippen LogP contribution >= 0.6 is 0 Å². The predicted octanol–water partition coefficient (Wildman–Crippen LogP) is 2.42. The molecule has 0 bridgehead atoms. The second-order valence-corrected chi connectivity index (χ2v) is 7.34. The van der Waals surface area contributed by atoms with E-state index in [0.717, 1.165) is 45.8 Å². The molecule has 1 saturated carbocycles. The van der Waals surface area contributed by atoms with Crippen molar-refractivity contribution in [2.45, 2.75) is 39.3 Å². The maximum absolute atomic E-state index is 12.0. The van der Waals surface area contributed by atoms with Gasteiger partial charge in [-0.2, -0.15) is 0 Å².